The Labute approximate surface area is 36.5 Å². The molecule has 0 amide bonds. The first-order valence-corrected chi connectivity index (χ1v) is 1.52. The first-order valence-electron chi connectivity index (χ1n) is 1.52. The van der Waals surface area contributed by atoms with Crippen LogP contribution in [0.4, 0.5) is 0 Å². The summed E-state index contributed by atoms with van der Waals surface area (Å²) in [6, 6.07) is 0. The largest absolute Gasteiger partial charge is 0.352 e. The highest BCUT2D eigenvalue weighted by atomic mass is 15.2. The normalized spacial score (nSPS) is 20.0. The van der Waals surface area contributed by atoms with Crippen LogP contribution in [0.1, 0.15) is 0 Å². The molecule has 0 atom stereocenters. The van der Waals surface area contributed by atoms with Crippen LogP contribution in [-0.4, -0.2) is 6.34 Å². The van der Waals surface area contributed by atoms with Gasteiger partial charge in [-0.2, -0.15) is 0 Å². The van der Waals surface area contributed by atoms with Crippen LogP contribution in [0.5, 0.6) is 0 Å². The van der Waals surface area contributed by atoms with Gasteiger partial charge in [0.15, 0.2) is 13.3 Å². The van der Waals surface area contributed by atoms with E-state index in [2.05, 4.69) is 29.0 Å². The molecule has 0 aliphatic carbocycles. The summed E-state index contributed by atoms with van der Waals surface area (Å²) in [5.41, 5.74) is 0. The fourth-order valence-electron chi connectivity index (χ4n) is 0.193. The zero-order valence-corrected chi connectivity index (χ0v) is 3.02. The van der Waals surface area contributed by atoms with Crippen molar-refractivity contribution in [3.63, 3.8) is 0 Å². The van der Waals surface area contributed by atoms with Gasteiger partial charge in [0.05, 0.1) is 6.34 Å². The molecule has 3 heteroatoms. The van der Waals surface area contributed by atoms with Gasteiger partial charge in [-0.05, 0) is 0 Å². The van der Waals surface area contributed by atoms with Gasteiger partial charge in [-0.15, -0.1) is 0 Å². The molecule has 0 saturated heterocycles. The second-order valence-electron chi connectivity index (χ2n) is 0.764. The lowest BCUT2D eigenvalue weighted by Gasteiger charge is -1.99. The molecule has 0 unspecified atom stereocenters. The summed E-state index contributed by atoms with van der Waals surface area (Å²) in [7, 11) is 0. The minimum absolute atomic E-state index is 1.48. The maximum absolute atomic E-state index is 3.52. The number of rotatable bonds is 0. The third-order valence-corrected chi connectivity index (χ3v) is 0.384. The van der Waals surface area contributed by atoms with Crippen LogP contribution in [-0.2, 0) is 0 Å². The van der Waals surface area contributed by atoms with E-state index >= 15 is 0 Å². The van der Waals surface area contributed by atoms with Gasteiger partial charge in [0.25, 0.3) is 0 Å². The van der Waals surface area contributed by atoms with Gasteiger partial charge in [0, 0.05) is 0 Å². The maximum atomic E-state index is 3.52. The predicted octanol–water partition coefficient (Wildman–Crippen LogP) is -0.800. The van der Waals surface area contributed by atoms with Crippen LogP contribution in [0.3, 0.4) is 0 Å². The Bertz CT molecular complexity index is 51.1. The maximum Gasteiger partial charge on any atom is 0.199 e. The Balaban J connectivity index is 2.26. The molecular formula is C3H3N3. The lowest BCUT2D eigenvalue weighted by Crippen LogP contribution is -2.23. The number of aliphatic imine (C=N–C) groups is 1. The third kappa shape index (κ3) is 0.687. The Morgan fingerprint density at radius 1 is 1.67 bits per heavy atom. The molecule has 3 nitrogen and oxygen atoms in total. The van der Waals surface area contributed by atoms with Crippen LogP contribution in [0.25, 0.3) is 0 Å². The first-order chi connectivity index (χ1) is 3.00. The topological polar surface area (TPSA) is 36.4 Å². The summed E-state index contributed by atoms with van der Waals surface area (Å²) in [5.74, 6) is 0. The van der Waals surface area contributed by atoms with Crippen molar-refractivity contribution in [1.82, 2.24) is 10.6 Å². The molecule has 0 saturated carbocycles. The lowest BCUT2D eigenvalue weighted by molar-refractivity contribution is 0.833. The molecular weight excluding hydrogens is 78.1 g/mol. The number of nitrogens with zero attached hydrogens (tertiary/aromatic N) is 1. The molecule has 0 aromatic rings. The van der Waals surface area contributed by atoms with Crippen molar-refractivity contribution >= 4 is 6.34 Å². The molecule has 30 valence electrons. The Hall–Kier alpha value is -0.570. The van der Waals surface area contributed by atoms with Crippen molar-refractivity contribution in [2.24, 2.45) is 4.99 Å². The van der Waals surface area contributed by atoms with E-state index < -0.39 is 0 Å². The molecule has 0 aromatic heterocycles. The summed E-state index contributed by atoms with van der Waals surface area (Å²) in [6.45, 7) is 4.95. The molecule has 1 heterocycles. The van der Waals surface area contributed by atoms with E-state index in [1.807, 2.05) is 0 Å². The molecule has 0 fully saturated rings. The molecule has 0 bridgehead atoms. The van der Waals surface area contributed by atoms with Crippen molar-refractivity contribution < 1.29 is 0 Å². The van der Waals surface area contributed by atoms with Crippen LogP contribution in [0.15, 0.2) is 4.99 Å². The Kier molecular flexibility index (Phi) is 1.06. The molecule has 6 heavy (non-hydrogen) atoms. The Morgan fingerprint density at radius 3 is 2.83 bits per heavy atom. The van der Waals surface area contributed by atoms with E-state index in [0.29, 0.717) is 0 Å². The fraction of sp³-hybridized carbons (Fsp3) is 0. The number of hydrogen-bond acceptors (Lipinski definition) is 3. The SMILES string of the molecule is [C]1N=CN[C]N1. The molecule has 2 N–H and O–H groups in total. The minimum Gasteiger partial charge on any atom is -0.352 e. The van der Waals surface area contributed by atoms with Crippen molar-refractivity contribution in [1.29, 1.82) is 0 Å². The quantitative estimate of drug-likeness (QED) is 0.400. The molecule has 0 aromatic carbocycles. The second kappa shape index (κ2) is 1.77. The van der Waals surface area contributed by atoms with Gasteiger partial charge in [-0.25, -0.2) is 4.99 Å². The van der Waals surface area contributed by atoms with E-state index in [-0.39, 0.29) is 0 Å². The highest BCUT2D eigenvalue weighted by molar-refractivity contribution is 5.56. The summed E-state index contributed by atoms with van der Waals surface area (Å²) < 4.78 is 0. The third-order valence-electron chi connectivity index (χ3n) is 0.384. The van der Waals surface area contributed by atoms with Gasteiger partial charge >= 0.3 is 0 Å². The van der Waals surface area contributed by atoms with Crippen LogP contribution < -0.4 is 10.6 Å². The number of nitrogens with one attached hydrogen (secondary N) is 2. The van der Waals surface area contributed by atoms with Gasteiger partial charge < -0.3 is 5.32 Å². The van der Waals surface area contributed by atoms with Crippen molar-refractivity contribution in [3.8, 4) is 0 Å². The average Bonchev–Trinajstić information content (AvgIpc) is 1.72. The number of hydrogen-bond donors (Lipinski definition) is 2. The first kappa shape index (κ1) is 3.61. The summed E-state index contributed by atoms with van der Waals surface area (Å²) in [5, 5.41) is 5.05. The highest BCUT2D eigenvalue weighted by Gasteiger charge is 1.87. The summed E-state index contributed by atoms with van der Waals surface area (Å²) in [6.07, 6.45) is 1.48. The van der Waals surface area contributed by atoms with Gasteiger partial charge in [0.1, 0.15) is 0 Å². The lowest BCUT2D eigenvalue weighted by atomic mass is 10.8. The van der Waals surface area contributed by atoms with Crippen LogP contribution in [0, 0.1) is 13.3 Å². The molecule has 4 radical (unpaired) electrons. The van der Waals surface area contributed by atoms with Crippen molar-refractivity contribution in [2.45, 2.75) is 0 Å². The van der Waals surface area contributed by atoms with E-state index in [1.165, 1.54) is 6.34 Å². The Morgan fingerprint density at radius 2 is 2.67 bits per heavy atom. The molecule has 1 aliphatic heterocycles. The fourth-order valence-corrected chi connectivity index (χ4v) is 0.193. The average molecular weight is 81.1 g/mol. The monoisotopic (exact) mass is 81.0 g/mol. The minimum atomic E-state index is 1.48. The molecule has 0 spiro atoms. The van der Waals surface area contributed by atoms with E-state index in [9.17, 15) is 0 Å². The zero-order valence-electron chi connectivity index (χ0n) is 3.02. The standard InChI is InChI=1S/C3H3N3/c1-4-2-6-3-5-1/h1,6H,(H,4,5). The van der Waals surface area contributed by atoms with E-state index in [1.54, 1.807) is 0 Å². The molecule has 1 rings (SSSR count). The second-order valence-corrected chi connectivity index (χ2v) is 0.764. The smallest absolute Gasteiger partial charge is 0.199 e. The van der Waals surface area contributed by atoms with Crippen LogP contribution >= 0.6 is 0 Å². The predicted molar refractivity (Wildman–Crippen MR) is 21.2 cm³/mol. The summed E-state index contributed by atoms with van der Waals surface area (Å²) in [4.78, 5) is 3.52. The van der Waals surface area contributed by atoms with Gasteiger partial charge in [-0.1, -0.05) is 0 Å². The van der Waals surface area contributed by atoms with Crippen molar-refractivity contribution in [2.75, 3.05) is 0 Å². The highest BCUT2D eigenvalue weighted by Crippen LogP contribution is 1.74. The van der Waals surface area contributed by atoms with Gasteiger partial charge in [0.2, 0.25) is 0 Å². The van der Waals surface area contributed by atoms with Crippen LogP contribution in [0.2, 0.25) is 0 Å². The molecule has 1 aliphatic rings. The van der Waals surface area contributed by atoms with E-state index in [0.717, 1.165) is 0 Å². The van der Waals surface area contributed by atoms with E-state index in [4.69, 9.17) is 0 Å². The van der Waals surface area contributed by atoms with Gasteiger partial charge in [-0.3, -0.25) is 5.32 Å². The summed E-state index contributed by atoms with van der Waals surface area (Å²) >= 11 is 0. The zero-order chi connectivity index (χ0) is 4.24. The van der Waals surface area contributed by atoms with Crippen molar-refractivity contribution in [3.05, 3.63) is 13.3 Å².